The first kappa shape index (κ1) is 12.4. The minimum absolute atomic E-state index is 0.332. The second-order valence-corrected chi connectivity index (χ2v) is 5.25. The van der Waals surface area contributed by atoms with E-state index in [1.54, 1.807) is 0 Å². The summed E-state index contributed by atoms with van der Waals surface area (Å²) in [4.78, 5) is 0. The number of ether oxygens (including phenoxy) is 1. The second kappa shape index (κ2) is 5.23. The van der Waals surface area contributed by atoms with Crippen LogP contribution < -0.4 is 0 Å². The van der Waals surface area contributed by atoms with E-state index in [2.05, 4.69) is 50.5 Å². The SMILES string of the molecule is CC(C)OCC(CBr)C(C)(C)C. The van der Waals surface area contributed by atoms with Crippen LogP contribution in [0.1, 0.15) is 34.6 Å². The lowest BCUT2D eigenvalue weighted by Crippen LogP contribution is -2.27. The molecule has 0 N–H and O–H groups in total. The van der Waals surface area contributed by atoms with Gasteiger partial charge in [0.15, 0.2) is 0 Å². The summed E-state index contributed by atoms with van der Waals surface area (Å²) in [5, 5.41) is 1.02. The summed E-state index contributed by atoms with van der Waals surface area (Å²) in [5.41, 5.74) is 0.332. The van der Waals surface area contributed by atoms with E-state index in [1.807, 2.05) is 0 Å². The lowest BCUT2D eigenvalue weighted by Gasteiger charge is -2.29. The summed E-state index contributed by atoms with van der Waals surface area (Å²) in [6, 6.07) is 0. The monoisotopic (exact) mass is 236 g/mol. The lowest BCUT2D eigenvalue weighted by atomic mass is 9.83. The quantitative estimate of drug-likeness (QED) is 0.680. The molecule has 0 saturated heterocycles. The van der Waals surface area contributed by atoms with E-state index >= 15 is 0 Å². The summed E-state index contributed by atoms with van der Waals surface area (Å²) < 4.78 is 5.59. The third-order valence-corrected chi connectivity index (χ3v) is 2.82. The van der Waals surface area contributed by atoms with Gasteiger partial charge in [-0.05, 0) is 25.2 Å². The van der Waals surface area contributed by atoms with E-state index in [0.29, 0.717) is 17.4 Å². The molecule has 0 rings (SSSR count). The Hall–Kier alpha value is 0.440. The molecular formula is C10H21BrO. The Morgan fingerprint density at radius 2 is 1.75 bits per heavy atom. The van der Waals surface area contributed by atoms with Gasteiger partial charge in [0.2, 0.25) is 0 Å². The molecule has 0 spiro atoms. The van der Waals surface area contributed by atoms with Crippen molar-refractivity contribution in [2.45, 2.75) is 40.7 Å². The first-order chi connectivity index (χ1) is 5.38. The van der Waals surface area contributed by atoms with Gasteiger partial charge in [-0.2, -0.15) is 0 Å². The standard InChI is InChI=1S/C10H21BrO/c1-8(2)12-7-9(6-11)10(3,4)5/h8-9H,6-7H2,1-5H3. The zero-order valence-corrected chi connectivity index (χ0v) is 10.4. The molecule has 0 aromatic carbocycles. The summed E-state index contributed by atoms with van der Waals surface area (Å²) in [5.74, 6) is 0.597. The third-order valence-electron chi connectivity index (χ3n) is 2.04. The van der Waals surface area contributed by atoms with Crippen LogP contribution in [-0.2, 0) is 4.74 Å². The Morgan fingerprint density at radius 1 is 1.25 bits per heavy atom. The third kappa shape index (κ3) is 5.15. The van der Waals surface area contributed by atoms with E-state index in [0.717, 1.165) is 11.9 Å². The van der Waals surface area contributed by atoms with E-state index in [9.17, 15) is 0 Å². The van der Waals surface area contributed by atoms with Crippen LogP contribution >= 0.6 is 15.9 Å². The summed E-state index contributed by atoms with van der Waals surface area (Å²) in [6.45, 7) is 11.8. The van der Waals surface area contributed by atoms with Crippen molar-refractivity contribution in [2.24, 2.45) is 11.3 Å². The van der Waals surface area contributed by atoms with Crippen LogP contribution in [0, 0.1) is 11.3 Å². The number of rotatable bonds is 4. The maximum Gasteiger partial charge on any atom is 0.0519 e. The second-order valence-electron chi connectivity index (χ2n) is 4.60. The first-order valence-electron chi connectivity index (χ1n) is 4.55. The van der Waals surface area contributed by atoms with Gasteiger partial charge in [0.25, 0.3) is 0 Å². The zero-order chi connectivity index (χ0) is 9.78. The molecule has 0 aromatic heterocycles. The minimum Gasteiger partial charge on any atom is -0.378 e. The highest BCUT2D eigenvalue weighted by Gasteiger charge is 2.23. The summed E-state index contributed by atoms with van der Waals surface area (Å²) >= 11 is 3.52. The average Bonchev–Trinajstić information content (AvgIpc) is 1.85. The molecule has 1 unspecified atom stereocenters. The molecule has 0 radical (unpaired) electrons. The van der Waals surface area contributed by atoms with E-state index in [-0.39, 0.29) is 0 Å². The number of hydrogen-bond acceptors (Lipinski definition) is 1. The van der Waals surface area contributed by atoms with Gasteiger partial charge in [0.1, 0.15) is 0 Å². The Balaban J connectivity index is 3.84. The average molecular weight is 237 g/mol. The molecule has 0 aliphatic heterocycles. The molecule has 0 amide bonds. The maximum absolute atomic E-state index is 5.59. The molecule has 1 atom stereocenters. The van der Waals surface area contributed by atoms with Crippen LogP contribution in [0.25, 0.3) is 0 Å². The number of hydrogen-bond donors (Lipinski definition) is 0. The summed E-state index contributed by atoms with van der Waals surface area (Å²) in [7, 11) is 0. The Labute approximate surface area is 85.0 Å². The molecular weight excluding hydrogens is 216 g/mol. The molecule has 0 fully saturated rings. The number of halogens is 1. The highest BCUT2D eigenvalue weighted by atomic mass is 79.9. The van der Waals surface area contributed by atoms with Crippen molar-refractivity contribution in [2.75, 3.05) is 11.9 Å². The van der Waals surface area contributed by atoms with Crippen LogP contribution in [0.3, 0.4) is 0 Å². The highest BCUT2D eigenvalue weighted by molar-refractivity contribution is 9.09. The van der Waals surface area contributed by atoms with Gasteiger partial charge < -0.3 is 4.74 Å². The van der Waals surface area contributed by atoms with Crippen LogP contribution in [-0.4, -0.2) is 18.0 Å². The molecule has 2 heteroatoms. The van der Waals surface area contributed by atoms with Crippen molar-refractivity contribution < 1.29 is 4.74 Å². The smallest absolute Gasteiger partial charge is 0.0519 e. The topological polar surface area (TPSA) is 9.23 Å². The largest absolute Gasteiger partial charge is 0.378 e. The van der Waals surface area contributed by atoms with Gasteiger partial charge in [-0.25, -0.2) is 0 Å². The summed E-state index contributed by atoms with van der Waals surface area (Å²) in [6.07, 6.45) is 0.342. The molecule has 0 heterocycles. The predicted octanol–water partition coefficient (Wildman–Crippen LogP) is 3.47. The van der Waals surface area contributed by atoms with Gasteiger partial charge >= 0.3 is 0 Å². The van der Waals surface area contributed by atoms with Gasteiger partial charge in [0.05, 0.1) is 12.7 Å². The molecule has 12 heavy (non-hydrogen) atoms. The van der Waals surface area contributed by atoms with Crippen molar-refractivity contribution >= 4 is 15.9 Å². The van der Waals surface area contributed by atoms with Crippen molar-refractivity contribution in [3.8, 4) is 0 Å². The van der Waals surface area contributed by atoms with Crippen molar-refractivity contribution in [3.63, 3.8) is 0 Å². The molecule has 1 nitrogen and oxygen atoms in total. The maximum atomic E-state index is 5.59. The minimum atomic E-state index is 0.332. The van der Waals surface area contributed by atoms with Gasteiger partial charge in [-0.1, -0.05) is 36.7 Å². The van der Waals surface area contributed by atoms with E-state index < -0.39 is 0 Å². The van der Waals surface area contributed by atoms with Gasteiger partial charge in [-0.15, -0.1) is 0 Å². The Kier molecular flexibility index (Phi) is 5.42. The van der Waals surface area contributed by atoms with Crippen LogP contribution in [0.4, 0.5) is 0 Å². The van der Waals surface area contributed by atoms with Crippen molar-refractivity contribution in [1.29, 1.82) is 0 Å². The highest BCUT2D eigenvalue weighted by Crippen LogP contribution is 2.27. The van der Waals surface area contributed by atoms with Crippen molar-refractivity contribution in [1.82, 2.24) is 0 Å². The molecule has 0 bridgehead atoms. The predicted molar refractivity (Wildman–Crippen MR) is 57.8 cm³/mol. The van der Waals surface area contributed by atoms with Crippen LogP contribution in [0.2, 0.25) is 0 Å². The fourth-order valence-corrected chi connectivity index (χ4v) is 1.99. The molecule has 0 aliphatic rings. The first-order valence-corrected chi connectivity index (χ1v) is 5.67. The van der Waals surface area contributed by atoms with E-state index in [4.69, 9.17) is 4.74 Å². The zero-order valence-electron chi connectivity index (χ0n) is 8.86. The van der Waals surface area contributed by atoms with Gasteiger partial charge in [0, 0.05) is 5.33 Å². The number of alkyl halides is 1. The van der Waals surface area contributed by atoms with Gasteiger partial charge in [-0.3, -0.25) is 0 Å². The Morgan fingerprint density at radius 3 is 2.00 bits per heavy atom. The van der Waals surface area contributed by atoms with Crippen LogP contribution in [0.15, 0.2) is 0 Å². The molecule has 74 valence electrons. The molecule has 0 saturated carbocycles. The molecule has 0 aliphatic carbocycles. The fourth-order valence-electron chi connectivity index (χ4n) is 0.835. The fraction of sp³-hybridized carbons (Fsp3) is 1.00. The normalized spacial score (nSPS) is 15.2. The lowest BCUT2D eigenvalue weighted by molar-refractivity contribution is 0.0279. The van der Waals surface area contributed by atoms with Crippen molar-refractivity contribution in [3.05, 3.63) is 0 Å². The van der Waals surface area contributed by atoms with E-state index in [1.165, 1.54) is 0 Å². The molecule has 0 aromatic rings. The Bertz CT molecular complexity index is 115. The van der Waals surface area contributed by atoms with Crippen LogP contribution in [0.5, 0.6) is 0 Å².